The molecule has 0 spiro atoms. The second kappa shape index (κ2) is 4.28. The molecule has 0 amide bonds. The predicted molar refractivity (Wildman–Crippen MR) is 73.8 cm³/mol. The van der Waals surface area contributed by atoms with Crippen molar-refractivity contribution in [3.05, 3.63) is 34.3 Å². The van der Waals surface area contributed by atoms with Crippen LogP contribution in [0.2, 0.25) is 5.02 Å². The lowest BCUT2D eigenvalue weighted by atomic mass is 10.1. The number of thioether (sulfide) groups is 1. The number of carbonyl (C=O) groups is 1. The molecule has 0 radical (unpaired) electrons. The summed E-state index contributed by atoms with van der Waals surface area (Å²) in [4.78, 5) is 16.4. The average molecular weight is 282 g/mol. The van der Waals surface area contributed by atoms with E-state index in [0.29, 0.717) is 22.0 Å². The highest BCUT2D eigenvalue weighted by Crippen LogP contribution is 2.43. The number of aliphatic imine (C=N–C) groups is 1. The number of fused-ring (bicyclic) bond motifs is 1. The normalized spacial score (nSPS) is 21.9. The minimum atomic E-state index is -0.355. The molecule has 0 aromatic heterocycles. The molecule has 3 rings (SSSR count). The Balaban J connectivity index is 2.03. The van der Waals surface area contributed by atoms with Gasteiger partial charge in [-0.1, -0.05) is 17.7 Å². The maximum Gasteiger partial charge on any atom is 0.345 e. The Labute approximate surface area is 115 Å². The van der Waals surface area contributed by atoms with Gasteiger partial charge in [0, 0.05) is 5.75 Å². The van der Waals surface area contributed by atoms with Gasteiger partial charge in [0.1, 0.15) is 0 Å². The average Bonchev–Trinajstić information content (AvgIpc) is 3.00. The molecule has 1 saturated carbocycles. The van der Waals surface area contributed by atoms with Gasteiger partial charge in [0.25, 0.3) is 0 Å². The van der Waals surface area contributed by atoms with Gasteiger partial charge < -0.3 is 4.74 Å². The third kappa shape index (κ3) is 1.93. The van der Waals surface area contributed by atoms with Crippen molar-refractivity contribution in [1.29, 1.82) is 0 Å². The first kappa shape index (κ1) is 12.1. The Morgan fingerprint density at radius 1 is 1.50 bits per heavy atom. The van der Waals surface area contributed by atoms with Crippen LogP contribution in [0.1, 0.15) is 28.8 Å². The molecule has 1 aliphatic carbocycles. The monoisotopic (exact) mass is 281 g/mol. The number of rotatable bonds is 3. The van der Waals surface area contributed by atoms with Gasteiger partial charge in [-0.3, -0.25) is 0 Å². The zero-order valence-corrected chi connectivity index (χ0v) is 11.5. The number of esters is 1. The highest BCUT2D eigenvalue weighted by Gasteiger charge is 2.44. The van der Waals surface area contributed by atoms with Crippen molar-refractivity contribution in [3.63, 3.8) is 0 Å². The highest BCUT2D eigenvalue weighted by atomic mass is 35.5. The molecule has 0 unspecified atom stereocenters. The number of hydrogen-bond acceptors (Lipinski definition) is 4. The number of hydrogen-bond donors (Lipinski definition) is 0. The molecular formula is C13H12ClNO2S. The molecule has 18 heavy (non-hydrogen) atoms. The van der Waals surface area contributed by atoms with Crippen LogP contribution in [0.25, 0.3) is 0 Å². The van der Waals surface area contributed by atoms with Crippen LogP contribution in [-0.4, -0.2) is 29.4 Å². The predicted octanol–water partition coefficient (Wildman–Crippen LogP) is 3.15. The largest absolute Gasteiger partial charge is 0.403 e. The summed E-state index contributed by atoms with van der Waals surface area (Å²) in [5.74, 6) is 0.992. The van der Waals surface area contributed by atoms with Gasteiger partial charge in [0.2, 0.25) is 5.90 Å². The Morgan fingerprint density at radius 2 is 2.28 bits per heavy atom. The summed E-state index contributed by atoms with van der Waals surface area (Å²) < 4.78 is 5.25. The molecule has 5 heteroatoms. The molecule has 0 bridgehead atoms. The second-order valence-electron chi connectivity index (χ2n) is 4.63. The SMILES string of the molecule is CSCC1(N=C2OC(=O)c3cccc(Cl)c32)CC1. The number of ether oxygens (including phenoxy) is 1. The molecular weight excluding hydrogens is 270 g/mol. The lowest BCUT2D eigenvalue weighted by Gasteiger charge is -2.09. The van der Waals surface area contributed by atoms with Crippen LogP contribution in [0.5, 0.6) is 0 Å². The van der Waals surface area contributed by atoms with Crippen molar-refractivity contribution in [2.75, 3.05) is 12.0 Å². The van der Waals surface area contributed by atoms with Crippen molar-refractivity contribution < 1.29 is 9.53 Å². The van der Waals surface area contributed by atoms with E-state index >= 15 is 0 Å². The summed E-state index contributed by atoms with van der Waals surface area (Å²) in [6.45, 7) is 0. The van der Waals surface area contributed by atoms with Gasteiger partial charge in [-0.15, -0.1) is 0 Å². The number of benzene rings is 1. The molecule has 1 heterocycles. The number of halogens is 1. The van der Waals surface area contributed by atoms with E-state index in [9.17, 15) is 4.79 Å². The van der Waals surface area contributed by atoms with E-state index in [4.69, 9.17) is 16.3 Å². The summed E-state index contributed by atoms with van der Waals surface area (Å²) in [7, 11) is 0. The Morgan fingerprint density at radius 3 is 2.94 bits per heavy atom. The Hall–Kier alpha value is -1.00. The van der Waals surface area contributed by atoms with Crippen LogP contribution in [0.3, 0.4) is 0 Å². The molecule has 1 aromatic carbocycles. The van der Waals surface area contributed by atoms with Crippen molar-refractivity contribution in [2.45, 2.75) is 18.4 Å². The van der Waals surface area contributed by atoms with Crippen molar-refractivity contribution in [3.8, 4) is 0 Å². The van der Waals surface area contributed by atoms with Gasteiger partial charge in [0.05, 0.1) is 21.7 Å². The third-order valence-corrected chi connectivity index (χ3v) is 4.36. The van der Waals surface area contributed by atoms with Crippen molar-refractivity contribution in [1.82, 2.24) is 0 Å². The van der Waals surface area contributed by atoms with Gasteiger partial charge in [-0.2, -0.15) is 11.8 Å². The van der Waals surface area contributed by atoms with Gasteiger partial charge in [0.15, 0.2) is 0 Å². The number of nitrogens with zero attached hydrogens (tertiary/aromatic N) is 1. The fraction of sp³-hybridized carbons (Fsp3) is 0.385. The lowest BCUT2D eigenvalue weighted by Crippen LogP contribution is -2.14. The van der Waals surface area contributed by atoms with Crippen LogP contribution in [0.4, 0.5) is 0 Å². The van der Waals surface area contributed by atoms with E-state index in [0.717, 1.165) is 18.6 Å². The van der Waals surface area contributed by atoms with Gasteiger partial charge in [-0.05, 0) is 31.2 Å². The summed E-state index contributed by atoms with van der Waals surface area (Å²) in [6.07, 6.45) is 4.16. The molecule has 1 aliphatic heterocycles. The maximum atomic E-state index is 11.7. The molecule has 1 fully saturated rings. The first-order chi connectivity index (χ1) is 8.65. The summed E-state index contributed by atoms with van der Waals surface area (Å²) in [5, 5.41) is 0.525. The van der Waals surface area contributed by atoms with Crippen LogP contribution >= 0.6 is 23.4 Å². The zero-order chi connectivity index (χ0) is 12.8. The van der Waals surface area contributed by atoms with Crippen molar-refractivity contribution >= 4 is 35.2 Å². The standard InChI is InChI=1S/C13H12ClNO2S/c1-18-7-13(5-6-13)15-11-10-8(12(16)17-11)3-2-4-9(10)14/h2-4H,5-7H2,1H3. The first-order valence-corrected chi connectivity index (χ1v) is 7.52. The minimum Gasteiger partial charge on any atom is -0.403 e. The summed E-state index contributed by atoms with van der Waals surface area (Å²) in [6, 6.07) is 5.23. The molecule has 94 valence electrons. The lowest BCUT2D eigenvalue weighted by molar-refractivity contribution is 0.0736. The van der Waals surface area contributed by atoms with Crippen LogP contribution in [-0.2, 0) is 4.74 Å². The fourth-order valence-electron chi connectivity index (χ4n) is 2.10. The van der Waals surface area contributed by atoms with E-state index in [1.165, 1.54) is 0 Å². The molecule has 0 N–H and O–H groups in total. The van der Waals surface area contributed by atoms with Crippen LogP contribution in [0, 0.1) is 0 Å². The van der Waals surface area contributed by atoms with Crippen LogP contribution < -0.4 is 0 Å². The molecule has 0 saturated heterocycles. The highest BCUT2D eigenvalue weighted by molar-refractivity contribution is 7.98. The Bertz CT molecular complexity index is 552. The molecule has 0 atom stereocenters. The van der Waals surface area contributed by atoms with E-state index in [1.807, 2.05) is 0 Å². The topological polar surface area (TPSA) is 38.7 Å². The van der Waals surface area contributed by atoms with E-state index in [-0.39, 0.29) is 11.5 Å². The fourth-order valence-corrected chi connectivity index (χ4v) is 3.25. The smallest absolute Gasteiger partial charge is 0.345 e. The van der Waals surface area contributed by atoms with Crippen molar-refractivity contribution in [2.24, 2.45) is 4.99 Å². The molecule has 2 aliphatic rings. The minimum absolute atomic E-state index is 0.0458. The number of carbonyl (C=O) groups excluding carboxylic acids is 1. The van der Waals surface area contributed by atoms with E-state index in [1.54, 1.807) is 30.0 Å². The summed E-state index contributed by atoms with van der Waals surface area (Å²) >= 11 is 7.90. The first-order valence-electron chi connectivity index (χ1n) is 5.75. The van der Waals surface area contributed by atoms with E-state index in [2.05, 4.69) is 11.2 Å². The number of cyclic esters (lactones) is 1. The third-order valence-electron chi connectivity index (χ3n) is 3.22. The Kier molecular flexibility index (Phi) is 2.87. The summed E-state index contributed by atoms with van der Waals surface area (Å²) in [5.41, 5.74) is 1.12. The quantitative estimate of drug-likeness (QED) is 0.799. The molecule has 1 aromatic rings. The second-order valence-corrected chi connectivity index (χ2v) is 5.90. The zero-order valence-electron chi connectivity index (χ0n) is 9.90. The van der Waals surface area contributed by atoms with Crippen LogP contribution in [0.15, 0.2) is 23.2 Å². The van der Waals surface area contributed by atoms with Gasteiger partial charge >= 0.3 is 5.97 Å². The molecule has 3 nitrogen and oxygen atoms in total. The van der Waals surface area contributed by atoms with Gasteiger partial charge in [-0.25, -0.2) is 9.79 Å². The maximum absolute atomic E-state index is 11.7. The van der Waals surface area contributed by atoms with E-state index < -0.39 is 0 Å².